The number of amides is 1. The first-order valence-electron chi connectivity index (χ1n) is 9.08. The van der Waals surface area contributed by atoms with E-state index in [1.54, 1.807) is 13.8 Å². The maximum absolute atomic E-state index is 14.2. The second-order valence-corrected chi connectivity index (χ2v) is 6.95. The quantitative estimate of drug-likeness (QED) is 0.523. The number of imidazole rings is 1. The van der Waals surface area contributed by atoms with Crippen LogP contribution in [0.5, 0.6) is 0 Å². The Morgan fingerprint density at radius 2 is 2.14 bits per heavy atom. The van der Waals surface area contributed by atoms with Gasteiger partial charge in [-0.1, -0.05) is 6.58 Å². The van der Waals surface area contributed by atoms with Crippen LogP contribution in [0, 0.1) is 11.6 Å². The van der Waals surface area contributed by atoms with Crippen molar-refractivity contribution in [3.63, 3.8) is 0 Å². The molecule has 3 heterocycles. The number of ether oxygens (including phenoxy) is 1. The number of carbonyl (C=O) groups excluding carboxylic acids is 1. The molecule has 1 amide bonds. The van der Waals surface area contributed by atoms with Gasteiger partial charge in [0, 0.05) is 18.7 Å². The minimum Gasteiger partial charge on any atom is -0.460 e. The van der Waals surface area contributed by atoms with E-state index < -0.39 is 17.7 Å². The van der Waals surface area contributed by atoms with Crippen LogP contribution in [0.1, 0.15) is 37.0 Å². The number of rotatable bonds is 4. The molecule has 1 atom stereocenters. The summed E-state index contributed by atoms with van der Waals surface area (Å²) in [6.07, 6.45) is 3.26. The average molecular weight is 399 g/mol. The molecule has 0 spiro atoms. The van der Waals surface area contributed by atoms with Gasteiger partial charge in [-0.3, -0.25) is 4.79 Å². The number of nitrogens with one attached hydrogen (secondary N) is 1. The predicted octanol–water partition coefficient (Wildman–Crippen LogP) is 4.36. The van der Waals surface area contributed by atoms with E-state index in [1.807, 2.05) is 0 Å². The van der Waals surface area contributed by atoms with E-state index >= 15 is 0 Å². The molecule has 0 saturated heterocycles. The maximum atomic E-state index is 14.2. The van der Waals surface area contributed by atoms with Crippen molar-refractivity contribution in [1.29, 1.82) is 0 Å². The fourth-order valence-electron chi connectivity index (χ4n) is 3.59. The highest BCUT2D eigenvalue weighted by molar-refractivity contribution is 5.93. The third-order valence-electron chi connectivity index (χ3n) is 4.91. The van der Waals surface area contributed by atoms with Crippen LogP contribution in [0.2, 0.25) is 0 Å². The van der Waals surface area contributed by atoms with E-state index in [4.69, 9.17) is 9.15 Å². The second-order valence-electron chi connectivity index (χ2n) is 6.95. The lowest BCUT2D eigenvalue weighted by molar-refractivity contribution is -0.132. The molecule has 0 radical (unpaired) electrons. The van der Waals surface area contributed by atoms with Crippen molar-refractivity contribution in [3.05, 3.63) is 77.5 Å². The average Bonchev–Trinajstić information content (AvgIpc) is 3.35. The van der Waals surface area contributed by atoms with Gasteiger partial charge in [-0.05, 0) is 37.6 Å². The summed E-state index contributed by atoms with van der Waals surface area (Å²) < 4.78 is 39.4. The number of H-pyrrole nitrogens is 1. The van der Waals surface area contributed by atoms with Crippen LogP contribution in [0.4, 0.5) is 8.78 Å². The summed E-state index contributed by atoms with van der Waals surface area (Å²) in [4.78, 5) is 22.2. The van der Waals surface area contributed by atoms with Gasteiger partial charge in [0.2, 0.25) is 0 Å². The number of halogens is 2. The fourth-order valence-corrected chi connectivity index (χ4v) is 3.59. The summed E-state index contributed by atoms with van der Waals surface area (Å²) in [6.45, 7) is 7.37. The van der Waals surface area contributed by atoms with Crippen LogP contribution in [-0.2, 0) is 16.0 Å². The number of allylic oxidation sites excluding steroid dienone is 1. The van der Waals surface area contributed by atoms with E-state index in [1.165, 1.54) is 23.6 Å². The Morgan fingerprint density at radius 1 is 1.38 bits per heavy atom. The molecule has 1 aliphatic rings. The maximum Gasteiger partial charge on any atom is 0.290 e. The number of aromatic nitrogens is 2. The number of fused-ring (bicyclic) bond motifs is 2. The molecule has 4 rings (SSSR count). The first-order valence-corrected chi connectivity index (χ1v) is 9.08. The minimum atomic E-state index is -0.758. The normalized spacial score (nSPS) is 15.9. The van der Waals surface area contributed by atoms with Gasteiger partial charge >= 0.3 is 0 Å². The molecule has 0 saturated carbocycles. The van der Waals surface area contributed by atoms with Crippen molar-refractivity contribution in [2.75, 3.05) is 6.54 Å². The van der Waals surface area contributed by atoms with E-state index in [0.29, 0.717) is 24.2 Å². The zero-order valence-electron chi connectivity index (χ0n) is 16.0. The third kappa shape index (κ3) is 3.10. The molecule has 0 aliphatic carbocycles. The number of aromatic amines is 1. The standard InChI is InChI=1S/C21H19F2N3O3/c1-4-28-19(11(2)3)21(27)26-8-7-15-17(25-10-24-15)18(26)16-9-12-13(22)5-6-14(23)20(12)29-16/h4-6,9-10,18H,1,7-8H2,2-3H3,(H,24,25). The number of carbonyl (C=O) groups is 1. The number of hydrogen-bond donors (Lipinski definition) is 1. The molecule has 2 aromatic heterocycles. The summed E-state index contributed by atoms with van der Waals surface area (Å²) in [5, 5.41) is 0.0137. The van der Waals surface area contributed by atoms with Crippen molar-refractivity contribution in [3.8, 4) is 0 Å². The van der Waals surface area contributed by atoms with Gasteiger partial charge in [-0.15, -0.1) is 0 Å². The Morgan fingerprint density at radius 3 is 2.83 bits per heavy atom. The predicted molar refractivity (Wildman–Crippen MR) is 102 cm³/mol. The van der Waals surface area contributed by atoms with E-state index in [9.17, 15) is 13.6 Å². The van der Waals surface area contributed by atoms with E-state index in [0.717, 1.165) is 17.8 Å². The molecule has 0 fully saturated rings. The molecule has 8 heteroatoms. The third-order valence-corrected chi connectivity index (χ3v) is 4.91. The van der Waals surface area contributed by atoms with Gasteiger partial charge in [0.1, 0.15) is 17.6 Å². The van der Waals surface area contributed by atoms with Crippen LogP contribution in [-0.4, -0.2) is 27.3 Å². The lowest BCUT2D eigenvalue weighted by Crippen LogP contribution is -2.41. The van der Waals surface area contributed by atoms with Gasteiger partial charge < -0.3 is 19.0 Å². The van der Waals surface area contributed by atoms with Crippen molar-refractivity contribution in [1.82, 2.24) is 14.9 Å². The van der Waals surface area contributed by atoms with Gasteiger partial charge in [-0.2, -0.15) is 0 Å². The van der Waals surface area contributed by atoms with Crippen LogP contribution < -0.4 is 0 Å². The van der Waals surface area contributed by atoms with Crippen molar-refractivity contribution >= 4 is 16.9 Å². The van der Waals surface area contributed by atoms with Crippen LogP contribution in [0.15, 0.2) is 53.1 Å². The SMILES string of the molecule is C=COC(C(=O)N1CCc2[nH]cnc2C1c1cc2c(F)ccc(F)c2o1)=C(C)C. The van der Waals surface area contributed by atoms with Gasteiger partial charge in [0.05, 0.1) is 23.7 Å². The lowest BCUT2D eigenvalue weighted by Gasteiger charge is -2.34. The lowest BCUT2D eigenvalue weighted by atomic mass is 9.99. The number of furan rings is 1. The van der Waals surface area contributed by atoms with E-state index in [-0.39, 0.29) is 28.4 Å². The molecular weight excluding hydrogens is 380 g/mol. The minimum absolute atomic E-state index is 0.0137. The summed E-state index contributed by atoms with van der Waals surface area (Å²) in [5.41, 5.74) is 1.88. The summed E-state index contributed by atoms with van der Waals surface area (Å²) in [7, 11) is 0. The van der Waals surface area contributed by atoms with Crippen LogP contribution in [0.25, 0.3) is 11.0 Å². The van der Waals surface area contributed by atoms with Crippen LogP contribution in [0.3, 0.4) is 0 Å². The van der Waals surface area contributed by atoms with Gasteiger partial charge in [0.25, 0.3) is 5.91 Å². The Bertz CT molecular complexity index is 1100. The Balaban J connectivity index is 1.87. The highest BCUT2D eigenvalue weighted by Gasteiger charge is 2.38. The monoisotopic (exact) mass is 399 g/mol. The number of nitrogens with zero attached hydrogens (tertiary/aromatic N) is 2. The van der Waals surface area contributed by atoms with Crippen molar-refractivity contribution in [2.24, 2.45) is 0 Å². The molecule has 1 aromatic carbocycles. The molecule has 1 aliphatic heterocycles. The number of hydrogen-bond acceptors (Lipinski definition) is 4. The highest BCUT2D eigenvalue weighted by atomic mass is 19.1. The Kier molecular flexibility index (Phi) is 4.70. The Labute approximate surface area is 165 Å². The zero-order chi connectivity index (χ0) is 20.7. The van der Waals surface area contributed by atoms with E-state index in [2.05, 4.69) is 16.5 Å². The van der Waals surface area contributed by atoms with Gasteiger partial charge in [0.15, 0.2) is 17.2 Å². The van der Waals surface area contributed by atoms with Gasteiger partial charge in [-0.25, -0.2) is 13.8 Å². The highest BCUT2D eigenvalue weighted by Crippen LogP contribution is 2.38. The zero-order valence-corrected chi connectivity index (χ0v) is 16.0. The molecule has 1 N–H and O–H groups in total. The summed E-state index contributed by atoms with van der Waals surface area (Å²) >= 11 is 0. The first kappa shape index (κ1) is 18.9. The smallest absolute Gasteiger partial charge is 0.290 e. The van der Waals surface area contributed by atoms with Crippen molar-refractivity contribution < 1.29 is 22.7 Å². The molecular formula is C21H19F2N3O3. The van der Waals surface area contributed by atoms with Crippen molar-refractivity contribution in [2.45, 2.75) is 26.3 Å². The molecule has 150 valence electrons. The molecule has 3 aromatic rings. The second kappa shape index (κ2) is 7.20. The molecule has 6 nitrogen and oxygen atoms in total. The molecule has 29 heavy (non-hydrogen) atoms. The molecule has 1 unspecified atom stereocenters. The fraction of sp³-hybridized carbons (Fsp3) is 0.238. The summed E-state index contributed by atoms with van der Waals surface area (Å²) in [5.74, 6) is -1.31. The summed E-state index contributed by atoms with van der Waals surface area (Å²) in [6, 6.07) is 2.71. The van der Waals surface area contributed by atoms with Crippen LogP contribution >= 0.6 is 0 Å². The largest absolute Gasteiger partial charge is 0.460 e. The number of benzene rings is 1. The first-order chi connectivity index (χ1) is 13.9. The Hall–Kier alpha value is -3.42. The topological polar surface area (TPSA) is 71.4 Å². The molecule has 0 bridgehead atoms.